The quantitative estimate of drug-likeness (QED) is 0.647. The molecule has 0 fully saturated rings. The molecule has 5 heteroatoms. The van der Waals surface area contributed by atoms with E-state index in [0.717, 1.165) is 25.3 Å². The predicted molar refractivity (Wildman–Crippen MR) is 74.9 cm³/mol. The van der Waals surface area contributed by atoms with Gasteiger partial charge in [-0.2, -0.15) is 0 Å². The van der Waals surface area contributed by atoms with Crippen LogP contribution in [0.2, 0.25) is 0 Å². The lowest BCUT2D eigenvalue weighted by molar-refractivity contribution is 0.0635. The maximum Gasteiger partial charge on any atom is 0.108 e. The number of aromatic nitrogens is 3. The number of hydrogen-bond acceptors (Lipinski definition) is 4. The molecule has 0 saturated carbocycles. The summed E-state index contributed by atoms with van der Waals surface area (Å²) < 4.78 is 13.0. The molecule has 1 rings (SSSR count). The molecular weight excluding hydrogens is 242 g/mol. The zero-order valence-electron chi connectivity index (χ0n) is 12.8. The minimum absolute atomic E-state index is 0.215. The Kier molecular flexibility index (Phi) is 7.02. The highest BCUT2D eigenvalue weighted by Crippen LogP contribution is 2.10. The van der Waals surface area contributed by atoms with E-state index in [-0.39, 0.29) is 6.10 Å². The van der Waals surface area contributed by atoms with Crippen LogP contribution in [0.15, 0.2) is 6.20 Å². The molecule has 0 aliphatic rings. The Morgan fingerprint density at radius 1 is 1.21 bits per heavy atom. The van der Waals surface area contributed by atoms with Gasteiger partial charge in [0.2, 0.25) is 0 Å². The molecule has 1 unspecified atom stereocenters. The van der Waals surface area contributed by atoms with E-state index in [4.69, 9.17) is 9.47 Å². The topological polar surface area (TPSA) is 49.2 Å². The fourth-order valence-corrected chi connectivity index (χ4v) is 1.55. The Morgan fingerprint density at radius 3 is 2.58 bits per heavy atom. The molecular formula is C14H27N3O2. The predicted octanol–water partition coefficient (Wildman–Crippen LogP) is 2.83. The van der Waals surface area contributed by atoms with Gasteiger partial charge < -0.3 is 9.47 Å². The average Bonchev–Trinajstić information content (AvgIpc) is 2.80. The number of nitrogens with zero attached hydrogens (tertiary/aromatic N) is 3. The molecule has 0 aliphatic heterocycles. The summed E-state index contributed by atoms with van der Waals surface area (Å²) in [6.45, 7) is 12.6. The third-order valence-corrected chi connectivity index (χ3v) is 2.71. The summed E-state index contributed by atoms with van der Waals surface area (Å²) in [6.07, 6.45) is 3.11. The van der Waals surface area contributed by atoms with Crippen LogP contribution in [0.25, 0.3) is 0 Å². The Balaban J connectivity index is 2.30. The highest BCUT2D eigenvalue weighted by Gasteiger charge is 2.09. The van der Waals surface area contributed by atoms with Crippen molar-refractivity contribution in [3.63, 3.8) is 0 Å². The summed E-state index contributed by atoms with van der Waals surface area (Å²) in [5, 5.41) is 8.25. The summed E-state index contributed by atoms with van der Waals surface area (Å²) in [5.41, 5.74) is 0.878. The molecule has 110 valence electrons. The van der Waals surface area contributed by atoms with Crippen molar-refractivity contribution in [2.45, 2.75) is 59.8 Å². The van der Waals surface area contributed by atoms with Gasteiger partial charge in [-0.3, -0.25) is 0 Å². The van der Waals surface area contributed by atoms with Crippen molar-refractivity contribution >= 4 is 0 Å². The summed E-state index contributed by atoms with van der Waals surface area (Å²) in [4.78, 5) is 0. The summed E-state index contributed by atoms with van der Waals surface area (Å²) in [5.74, 6) is 0.585. The lowest BCUT2D eigenvalue weighted by Gasteiger charge is -2.12. The summed E-state index contributed by atoms with van der Waals surface area (Å²) >= 11 is 0. The molecule has 0 aliphatic carbocycles. The van der Waals surface area contributed by atoms with E-state index < -0.39 is 0 Å². The highest BCUT2D eigenvalue weighted by atomic mass is 16.5. The Labute approximate surface area is 116 Å². The molecule has 0 bridgehead atoms. The molecule has 1 atom stereocenters. The Morgan fingerprint density at radius 2 is 1.95 bits per heavy atom. The van der Waals surface area contributed by atoms with Gasteiger partial charge in [0.15, 0.2) is 0 Å². The first-order valence-corrected chi connectivity index (χ1v) is 7.09. The third kappa shape index (κ3) is 6.68. The largest absolute Gasteiger partial charge is 0.381 e. The minimum Gasteiger partial charge on any atom is -0.381 e. The van der Waals surface area contributed by atoms with Gasteiger partial charge in [0.1, 0.15) is 5.69 Å². The number of hydrogen-bond donors (Lipinski definition) is 0. The van der Waals surface area contributed by atoms with Gasteiger partial charge in [0.05, 0.1) is 24.9 Å². The summed E-state index contributed by atoms with van der Waals surface area (Å²) in [7, 11) is 0. The second kappa shape index (κ2) is 8.27. The average molecular weight is 269 g/mol. The van der Waals surface area contributed by atoms with E-state index in [0.29, 0.717) is 18.6 Å². The minimum atomic E-state index is 0.215. The van der Waals surface area contributed by atoms with Crippen LogP contribution >= 0.6 is 0 Å². The lowest BCUT2D eigenvalue weighted by Crippen LogP contribution is -2.11. The van der Waals surface area contributed by atoms with Crippen LogP contribution in [0.5, 0.6) is 0 Å². The van der Waals surface area contributed by atoms with Gasteiger partial charge in [-0.05, 0) is 33.1 Å². The fraction of sp³-hybridized carbons (Fsp3) is 0.857. The normalized spacial score (nSPS) is 13.4. The molecule has 19 heavy (non-hydrogen) atoms. The summed E-state index contributed by atoms with van der Waals surface area (Å²) in [6, 6.07) is 0.299. The van der Waals surface area contributed by atoms with Crippen molar-refractivity contribution in [2.75, 3.05) is 13.2 Å². The number of rotatable bonds is 9. The zero-order chi connectivity index (χ0) is 14.3. The zero-order valence-corrected chi connectivity index (χ0v) is 12.8. The van der Waals surface area contributed by atoms with Crippen LogP contribution in [0.4, 0.5) is 0 Å². The van der Waals surface area contributed by atoms with Gasteiger partial charge >= 0.3 is 0 Å². The van der Waals surface area contributed by atoms with Crippen LogP contribution in [0.3, 0.4) is 0 Å². The van der Waals surface area contributed by atoms with E-state index in [9.17, 15) is 0 Å². The van der Waals surface area contributed by atoms with Crippen LogP contribution in [-0.4, -0.2) is 34.3 Å². The van der Waals surface area contributed by atoms with E-state index in [2.05, 4.69) is 31.1 Å². The maximum atomic E-state index is 5.59. The van der Waals surface area contributed by atoms with Crippen LogP contribution < -0.4 is 0 Å². The molecule has 0 saturated heterocycles. The van der Waals surface area contributed by atoms with Crippen LogP contribution in [0, 0.1) is 5.92 Å². The molecule has 5 nitrogen and oxygen atoms in total. The lowest BCUT2D eigenvalue weighted by atomic mass is 10.2. The van der Waals surface area contributed by atoms with Gasteiger partial charge in [-0.25, -0.2) is 4.68 Å². The van der Waals surface area contributed by atoms with Crippen LogP contribution in [0.1, 0.15) is 52.8 Å². The Hall–Kier alpha value is -0.940. The second-order valence-electron chi connectivity index (χ2n) is 5.66. The fourth-order valence-electron chi connectivity index (χ4n) is 1.55. The van der Waals surface area contributed by atoms with E-state index >= 15 is 0 Å². The molecule has 0 aromatic carbocycles. The number of ether oxygens (including phenoxy) is 2. The van der Waals surface area contributed by atoms with E-state index in [1.807, 2.05) is 24.7 Å². The third-order valence-electron chi connectivity index (χ3n) is 2.71. The molecule has 1 aromatic heterocycles. The van der Waals surface area contributed by atoms with Crippen molar-refractivity contribution in [1.82, 2.24) is 15.0 Å². The van der Waals surface area contributed by atoms with Crippen molar-refractivity contribution in [2.24, 2.45) is 5.92 Å². The molecule has 0 amide bonds. The van der Waals surface area contributed by atoms with Crippen molar-refractivity contribution < 1.29 is 9.47 Å². The Bertz CT molecular complexity index is 350. The molecule has 1 aromatic rings. The molecule has 0 spiro atoms. The van der Waals surface area contributed by atoms with Gasteiger partial charge in [0.25, 0.3) is 0 Å². The van der Waals surface area contributed by atoms with Crippen LogP contribution in [-0.2, 0) is 16.1 Å². The SMILES string of the molecule is CC(C)COCCC(C)n1cc(COC(C)C)nn1. The monoisotopic (exact) mass is 269 g/mol. The van der Waals surface area contributed by atoms with Crippen molar-refractivity contribution in [3.05, 3.63) is 11.9 Å². The maximum absolute atomic E-state index is 5.59. The van der Waals surface area contributed by atoms with Crippen molar-refractivity contribution in [1.29, 1.82) is 0 Å². The van der Waals surface area contributed by atoms with E-state index in [1.54, 1.807) is 0 Å². The van der Waals surface area contributed by atoms with Gasteiger partial charge in [-0.15, -0.1) is 5.10 Å². The molecule has 0 radical (unpaired) electrons. The van der Waals surface area contributed by atoms with E-state index in [1.165, 1.54) is 0 Å². The van der Waals surface area contributed by atoms with Gasteiger partial charge in [-0.1, -0.05) is 19.1 Å². The first-order valence-electron chi connectivity index (χ1n) is 7.09. The second-order valence-corrected chi connectivity index (χ2v) is 5.66. The van der Waals surface area contributed by atoms with Crippen molar-refractivity contribution in [3.8, 4) is 0 Å². The van der Waals surface area contributed by atoms with Gasteiger partial charge in [0, 0.05) is 13.2 Å². The highest BCUT2D eigenvalue weighted by molar-refractivity contribution is 4.90. The smallest absolute Gasteiger partial charge is 0.108 e. The standard InChI is InChI=1S/C14H27N3O2/c1-11(2)9-18-7-6-13(5)17-8-14(15-16-17)10-19-12(3)4/h8,11-13H,6-7,9-10H2,1-5H3. The molecule has 1 heterocycles. The first kappa shape index (κ1) is 16.1. The first-order chi connectivity index (χ1) is 8.99. The molecule has 0 N–H and O–H groups in total.